The Labute approximate surface area is 151 Å². The second kappa shape index (κ2) is 7.28. The first-order valence-corrected chi connectivity index (χ1v) is 7.91. The van der Waals surface area contributed by atoms with Gasteiger partial charge < -0.3 is 20.5 Å². The van der Waals surface area contributed by atoms with Gasteiger partial charge in [-0.15, -0.1) is 0 Å². The van der Waals surface area contributed by atoms with Gasteiger partial charge in [0.15, 0.2) is 11.6 Å². The quantitative estimate of drug-likeness (QED) is 0.760. The van der Waals surface area contributed by atoms with E-state index < -0.39 is 41.6 Å². The molecule has 2 amide bonds. The van der Waals surface area contributed by atoms with E-state index in [1.54, 1.807) is 0 Å². The van der Waals surface area contributed by atoms with E-state index in [-0.39, 0.29) is 23.2 Å². The highest BCUT2D eigenvalue weighted by Gasteiger charge is 2.38. The van der Waals surface area contributed by atoms with Crippen LogP contribution in [0.5, 0.6) is 0 Å². The van der Waals surface area contributed by atoms with E-state index in [4.69, 9.17) is 9.84 Å². The number of nitrogens with one attached hydrogen (secondary N) is 2. The number of ether oxygens (including phenoxy) is 1. The maximum atomic E-state index is 14.4. The Bertz CT molecular complexity index is 920. The molecule has 2 unspecified atom stereocenters. The summed E-state index contributed by atoms with van der Waals surface area (Å²) in [4.78, 5) is 23.6. The number of carboxylic acid groups (broad SMARTS) is 1. The standard InChI is InChI=1S/C18H15F3N2O4/c1-27-14-7-10-9(3-5-12(20)15(10)16(14)23-18(25)26)17(24)22-8-2-4-11(19)13(21)6-8/h2-6,14,16,23H,7H2,1H3,(H,22,24)(H,25,26). The molecule has 1 aliphatic rings. The van der Waals surface area contributed by atoms with Crippen molar-refractivity contribution >= 4 is 17.7 Å². The first-order valence-electron chi connectivity index (χ1n) is 7.91. The van der Waals surface area contributed by atoms with Crippen LogP contribution in [-0.2, 0) is 11.2 Å². The number of halogens is 3. The van der Waals surface area contributed by atoms with E-state index >= 15 is 0 Å². The zero-order valence-corrected chi connectivity index (χ0v) is 14.1. The molecule has 2 atom stereocenters. The molecule has 6 nitrogen and oxygen atoms in total. The third kappa shape index (κ3) is 3.59. The fourth-order valence-electron chi connectivity index (χ4n) is 3.20. The topological polar surface area (TPSA) is 87.7 Å². The molecule has 0 saturated heterocycles. The van der Waals surface area contributed by atoms with Crippen LogP contribution in [0.25, 0.3) is 0 Å². The molecule has 1 aliphatic carbocycles. The first kappa shape index (κ1) is 18.7. The molecule has 0 radical (unpaired) electrons. The van der Waals surface area contributed by atoms with Gasteiger partial charge in [-0.25, -0.2) is 18.0 Å². The van der Waals surface area contributed by atoms with Crippen LogP contribution < -0.4 is 10.6 Å². The molecule has 27 heavy (non-hydrogen) atoms. The van der Waals surface area contributed by atoms with Crippen molar-refractivity contribution in [2.75, 3.05) is 12.4 Å². The number of carbonyl (C=O) groups is 2. The third-order valence-electron chi connectivity index (χ3n) is 4.40. The molecule has 2 aromatic rings. The maximum absolute atomic E-state index is 14.4. The Kier molecular flexibility index (Phi) is 5.04. The Morgan fingerprint density at radius 1 is 1.11 bits per heavy atom. The molecular weight excluding hydrogens is 365 g/mol. The lowest BCUT2D eigenvalue weighted by Crippen LogP contribution is -2.34. The van der Waals surface area contributed by atoms with Gasteiger partial charge in [0.1, 0.15) is 5.82 Å². The van der Waals surface area contributed by atoms with Crippen molar-refractivity contribution < 1.29 is 32.6 Å². The van der Waals surface area contributed by atoms with Gasteiger partial charge in [-0.1, -0.05) is 0 Å². The van der Waals surface area contributed by atoms with Crippen LogP contribution in [0.2, 0.25) is 0 Å². The number of anilines is 1. The zero-order valence-electron chi connectivity index (χ0n) is 14.1. The van der Waals surface area contributed by atoms with Gasteiger partial charge in [0, 0.05) is 36.4 Å². The smallest absolute Gasteiger partial charge is 0.405 e. The third-order valence-corrected chi connectivity index (χ3v) is 4.40. The largest absolute Gasteiger partial charge is 0.465 e. The number of methoxy groups -OCH3 is 1. The number of rotatable bonds is 4. The van der Waals surface area contributed by atoms with E-state index in [1.165, 1.54) is 19.2 Å². The summed E-state index contributed by atoms with van der Waals surface area (Å²) in [6, 6.07) is 4.20. The monoisotopic (exact) mass is 380 g/mol. The second-order valence-electron chi connectivity index (χ2n) is 5.98. The van der Waals surface area contributed by atoms with Crippen molar-refractivity contribution in [3.63, 3.8) is 0 Å². The summed E-state index contributed by atoms with van der Waals surface area (Å²) in [6.45, 7) is 0. The number of hydrogen-bond donors (Lipinski definition) is 3. The zero-order chi connectivity index (χ0) is 19.7. The molecule has 9 heteroatoms. The van der Waals surface area contributed by atoms with Crippen molar-refractivity contribution in [1.29, 1.82) is 0 Å². The summed E-state index contributed by atoms with van der Waals surface area (Å²) >= 11 is 0. The normalized spacial score (nSPS) is 18.1. The predicted octanol–water partition coefficient (Wildman–Crippen LogP) is 3.24. The van der Waals surface area contributed by atoms with Gasteiger partial charge in [0.05, 0.1) is 12.1 Å². The molecule has 3 rings (SSSR count). The summed E-state index contributed by atoms with van der Waals surface area (Å²) in [6.07, 6.45) is -1.94. The molecule has 0 heterocycles. The average Bonchev–Trinajstić information content (AvgIpc) is 2.97. The van der Waals surface area contributed by atoms with Crippen molar-refractivity contribution in [3.8, 4) is 0 Å². The molecule has 3 N–H and O–H groups in total. The maximum Gasteiger partial charge on any atom is 0.405 e. The Morgan fingerprint density at radius 2 is 1.81 bits per heavy atom. The van der Waals surface area contributed by atoms with E-state index in [0.29, 0.717) is 5.56 Å². The Balaban J connectivity index is 1.96. The van der Waals surface area contributed by atoms with Crippen LogP contribution in [0.15, 0.2) is 30.3 Å². The van der Waals surface area contributed by atoms with Crippen molar-refractivity contribution in [3.05, 3.63) is 64.5 Å². The van der Waals surface area contributed by atoms with E-state index in [2.05, 4.69) is 10.6 Å². The molecule has 0 fully saturated rings. The van der Waals surface area contributed by atoms with E-state index in [1.807, 2.05) is 0 Å². The summed E-state index contributed by atoms with van der Waals surface area (Å²) in [5, 5.41) is 13.6. The lowest BCUT2D eigenvalue weighted by molar-refractivity contribution is 0.0767. The minimum absolute atomic E-state index is 0.0264. The minimum atomic E-state index is -1.36. The fourth-order valence-corrected chi connectivity index (χ4v) is 3.20. The molecule has 0 aliphatic heterocycles. The van der Waals surface area contributed by atoms with Crippen LogP contribution in [0.3, 0.4) is 0 Å². The van der Waals surface area contributed by atoms with Gasteiger partial charge in [0.2, 0.25) is 0 Å². The van der Waals surface area contributed by atoms with E-state index in [0.717, 1.165) is 18.2 Å². The molecule has 0 aromatic heterocycles. The number of hydrogen-bond acceptors (Lipinski definition) is 3. The Hall–Kier alpha value is -3.07. The number of amides is 2. The molecule has 142 valence electrons. The molecule has 0 bridgehead atoms. The van der Waals surface area contributed by atoms with Gasteiger partial charge >= 0.3 is 6.09 Å². The molecular formula is C18H15F3N2O4. The summed E-state index contributed by atoms with van der Waals surface area (Å²) in [7, 11) is 1.35. The fraction of sp³-hybridized carbons (Fsp3) is 0.222. The second-order valence-corrected chi connectivity index (χ2v) is 5.98. The summed E-state index contributed by atoms with van der Waals surface area (Å²) in [5.41, 5.74) is 0.439. The Morgan fingerprint density at radius 3 is 2.44 bits per heavy atom. The SMILES string of the molecule is COC1Cc2c(C(=O)Nc3ccc(F)c(F)c3)ccc(F)c2C1NC(=O)O. The van der Waals surface area contributed by atoms with Crippen molar-refractivity contribution in [1.82, 2.24) is 5.32 Å². The van der Waals surface area contributed by atoms with Gasteiger partial charge in [-0.3, -0.25) is 4.79 Å². The summed E-state index contributed by atoms with van der Waals surface area (Å²) < 4.78 is 45.9. The molecule has 0 saturated carbocycles. The van der Waals surface area contributed by atoms with Crippen molar-refractivity contribution in [2.24, 2.45) is 0 Å². The number of carbonyl (C=O) groups excluding carboxylic acids is 1. The van der Waals surface area contributed by atoms with Gasteiger partial charge in [-0.2, -0.15) is 0 Å². The molecule has 2 aromatic carbocycles. The lowest BCUT2D eigenvalue weighted by atomic mass is 10.0. The number of fused-ring (bicyclic) bond motifs is 1. The number of benzene rings is 2. The van der Waals surface area contributed by atoms with Gasteiger partial charge in [0.25, 0.3) is 5.91 Å². The minimum Gasteiger partial charge on any atom is -0.465 e. The van der Waals surface area contributed by atoms with Crippen LogP contribution in [-0.4, -0.2) is 30.3 Å². The van der Waals surface area contributed by atoms with Crippen LogP contribution >= 0.6 is 0 Å². The summed E-state index contributed by atoms with van der Waals surface area (Å²) in [5.74, 6) is -3.51. The highest BCUT2D eigenvalue weighted by Crippen LogP contribution is 2.37. The molecule has 0 spiro atoms. The van der Waals surface area contributed by atoms with Crippen LogP contribution in [0.1, 0.15) is 27.5 Å². The lowest BCUT2D eigenvalue weighted by Gasteiger charge is -2.19. The van der Waals surface area contributed by atoms with Crippen LogP contribution in [0, 0.1) is 17.5 Å². The average molecular weight is 380 g/mol. The van der Waals surface area contributed by atoms with Crippen molar-refractivity contribution in [2.45, 2.75) is 18.6 Å². The van der Waals surface area contributed by atoms with Gasteiger partial charge in [-0.05, 0) is 29.8 Å². The highest BCUT2D eigenvalue weighted by molar-refractivity contribution is 6.05. The first-order chi connectivity index (χ1) is 12.8. The predicted molar refractivity (Wildman–Crippen MR) is 89.1 cm³/mol. The van der Waals surface area contributed by atoms with E-state index in [9.17, 15) is 22.8 Å². The van der Waals surface area contributed by atoms with Crippen LogP contribution in [0.4, 0.5) is 23.7 Å². The highest BCUT2D eigenvalue weighted by atomic mass is 19.2.